The van der Waals surface area contributed by atoms with Gasteiger partial charge in [0, 0.05) is 37.5 Å². The maximum Gasteiger partial charge on any atom is 0.270 e. The van der Waals surface area contributed by atoms with Crippen LogP contribution in [0.4, 0.5) is 11.4 Å². The van der Waals surface area contributed by atoms with Crippen molar-refractivity contribution in [3.8, 4) is 0 Å². The molecule has 0 saturated heterocycles. The van der Waals surface area contributed by atoms with Gasteiger partial charge in [-0.15, -0.1) is 0 Å². The van der Waals surface area contributed by atoms with E-state index in [0.717, 1.165) is 10.4 Å². The number of nitrogens with zero attached hydrogens (tertiary/aromatic N) is 2. The van der Waals surface area contributed by atoms with E-state index >= 15 is 0 Å². The smallest absolute Gasteiger partial charge is 0.270 e. The number of nitro groups is 1. The number of hydrogen-bond donors (Lipinski definition) is 1. The Morgan fingerprint density at radius 1 is 1.16 bits per heavy atom. The number of anilines is 1. The molecule has 0 spiro atoms. The fourth-order valence-corrected chi connectivity index (χ4v) is 3.26. The number of rotatable bonds is 5. The molecule has 0 aromatic heterocycles. The lowest BCUT2D eigenvalue weighted by molar-refractivity contribution is -0.384. The number of carbonyl (C=O) groups is 1. The summed E-state index contributed by atoms with van der Waals surface area (Å²) in [6.45, 7) is 1.66. The largest absolute Gasteiger partial charge is 0.322 e. The standard InChI is InChI=1S/C16H17N3O5S/c1-11-7-8-13(10-15(11)25(23,24)18(2)3)17-16(20)12-5-4-6-14(9-12)19(21)22/h4-10H,1-3H3,(H,17,20). The zero-order valence-corrected chi connectivity index (χ0v) is 14.7. The number of amides is 1. The van der Waals surface area contributed by atoms with Gasteiger partial charge in [-0.3, -0.25) is 14.9 Å². The van der Waals surface area contributed by atoms with Crippen LogP contribution in [0.5, 0.6) is 0 Å². The highest BCUT2D eigenvalue weighted by atomic mass is 32.2. The van der Waals surface area contributed by atoms with Crippen molar-refractivity contribution in [1.29, 1.82) is 0 Å². The average Bonchev–Trinajstić information content (AvgIpc) is 2.56. The van der Waals surface area contributed by atoms with Gasteiger partial charge in [0.15, 0.2) is 0 Å². The minimum absolute atomic E-state index is 0.0781. The predicted octanol–water partition coefficient (Wildman–Crippen LogP) is 2.41. The summed E-state index contributed by atoms with van der Waals surface area (Å²) in [7, 11) is -0.816. The molecule has 0 aliphatic carbocycles. The lowest BCUT2D eigenvalue weighted by Crippen LogP contribution is -2.23. The first-order valence-electron chi connectivity index (χ1n) is 7.22. The molecule has 0 fully saturated rings. The summed E-state index contributed by atoms with van der Waals surface area (Å²) in [4.78, 5) is 22.6. The van der Waals surface area contributed by atoms with Crippen molar-refractivity contribution in [2.24, 2.45) is 0 Å². The summed E-state index contributed by atoms with van der Waals surface area (Å²) in [6, 6.07) is 9.79. The maximum atomic E-state index is 12.3. The first-order chi connectivity index (χ1) is 11.6. The van der Waals surface area contributed by atoms with Crippen molar-refractivity contribution in [2.45, 2.75) is 11.8 Å². The van der Waals surface area contributed by atoms with Crippen LogP contribution in [0.2, 0.25) is 0 Å². The third-order valence-electron chi connectivity index (χ3n) is 3.52. The van der Waals surface area contributed by atoms with E-state index in [4.69, 9.17) is 0 Å². The van der Waals surface area contributed by atoms with Crippen molar-refractivity contribution in [3.05, 3.63) is 63.7 Å². The van der Waals surface area contributed by atoms with E-state index in [0.29, 0.717) is 5.56 Å². The summed E-state index contributed by atoms with van der Waals surface area (Å²) < 4.78 is 25.7. The van der Waals surface area contributed by atoms with Crippen LogP contribution in [-0.4, -0.2) is 37.6 Å². The van der Waals surface area contributed by atoms with Crippen molar-refractivity contribution >= 4 is 27.3 Å². The number of benzene rings is 2. The molecular formula is C16H17N3O5S. The van der Waals surface area contributed by atoms with Crippen LogP contribution in [0, 0.1) is 17.0 Å². The first-order valence-corrected chi connectivity index (χ1v) is 8.66. The predicted molar refractivity (Wildman–Crippen MR) is 93.1 cm³/mol. The van der Waals surface area contributed by atoms with Crippen LogP contribution in [0.1, 0.15) is 15.9 Å². The molecule has 8 nitrogen and oxygen atoms in total. The highest BCUT2D eigenvalue weighted by molar-refractivity contribution is 7.89. The number of hydrogen-bond acceptors (Lipinski definition) is 5. The van der Waals surface area contributed by atoms with Crippen molar-refractivity contribution in [1.82, 2.24) is 4.31 Å². The fraction of sp³-hybridized carbons (Fsp3) is 0.188. The molecule has 1 amide bonds. The highest BCUT2D eigenvalue weighted by Crippen LogP contribution is 2.23. The maximum absolute atomic E-state index is 12.3. The van der Waals surface area contributed by atoms with Crippen LogP contribution < -0.4 is 5.32 Å². The molecule has 2 rings (SSSR count). The SMILES string of the molecule is Cc1ccc(NC(=O)c2cccc([N+](=O)[O-])c2)cc1S(=O)(=O)N(C)C. The normalized spacial score (nSPS) is 11.4. The molecule has 132 valence electrons. The summed E-state index contributed by atoms with van der Waals surface area (Å²) in [5.74, 6) is -0.569. The van der Waals surface area contributed by atoms with Crippen molar-refractivity contribution in [2.75, 3.05) is 19.4 Å². The van der Waals surface area contributed by atoms with E-state index in [2.05, 4.69) is 5.32 Å². The summed E-state index contributed by atoms with van der Waals surface area (Å²) in [5.41, 5.74) is 0.726. The molecule has 2 aromatic rings. The van der Waals surface area contributed by atoms with Gasteiger partial charge in [-0.2, -0.15) is 0 Å². The number of nitrogens with one attached hydrogen (secondary N) is 1. The van der Waals surface area contributed by atoms with Crippen LogP contribution in [0.25, 0.3) is 0 Å². The Morgan fingerprint density at radius 3 is 2.44 bits per heavy atom. The molecule has 0 radical (unpaired) electrons. The Balaban J connectivity index is 2.34. The van der Waals surface area contributed by atoms with Gasteiger partial charge in [-0.1, -0.05) is 12.1 Å². The van der Waals surface area contributed by atoms with Crippen molar-refractivity contribution < 1.29 is 18.1 Å². The summed E-state index contributed by atoms with van der Waals surface area (Å²) in [6.07, 6.45) is 0. The Labute approximate surface area is 145 Å². The number of sulfonamides is 1. The number of carbonyl (C=O) groups excluding carboxylic acids is 1. The minimum Gasteiger partial charge on any atom is -0.322 e. The zero-order chi connectivity index (χ0) is 18.8. The number of non-ortho nitro benzene ring substituents is 1. The second-order valence-electron chi connectivity index (χ2n) is 5.53. The summed E-state index contributed by atoms with van der Waals surface area (Å²) in [5, 5.41) is 13.4. The molecule has 2 aromatic carbocycles. The van der Waals surface area contributed by atoms with Gasteiger partial charge in [0.25, 0.3) is 11.6 Å². The molecule has 1 N–H and O–H groups in total. The van der Waals surface area contributed by atoms with Crippen LogP contribution >= 0.6 is 0 Å². The molecule has 0 aliphatic rings. The molecule has 0 heterocycles. The lowest BCUT2D eigenvalue weighted by atomic mass is 10.1. The van der Waals surface area contributed by atoms with E-state index in [-0.39, 0.29) is 21.8 Å². The van der Waals surface area contributed by atoms with Gasteiger partial charge in [-0.25, -0.2) is 12.7 Å². The molecule has 25 heavy (non-hydrogen) atoms. The van der Waals surface area contributed by atoms with Gasteiger partial charge >= 0.3 is 0 Å². The van der Waals surface area contributed by atoms with E-state index < -0.39 is 20.9 Å². The monoisotopic (exact) mass is 363 g/mol. The number of nitro benzene ring substituents is 1. The molecule has 0 saturated carbocycles. The van der Waals surface area contributed by atoms with Crippen LogP contribution in [-0.2, 0) is 10.0 Å². The molecular weight excluding hydrogens is 346 g/mol. The molecule has 9 heteroatoms. The minimum atomic E-state index is -3.66. The van der Waals surface area contributed by atoms with E-state index in [9.17, 15) is 23.3 Å². The van der Waals surface area contributed by atoms with Crippen molar-refractivity contribution in [3.63, 3.8) is 0 Å². The second kappa shape index (κ2) is 6.99. The van der Waals surface area contributed by atoms with E-state index in [1.54, 1.807) is 19.1 Å². The van der Waals surface area contributed by atoms with E-state index in [1.165, 1.54) is 38.4 Å². The van der Waals surface area contributed by atoms with Gasteiger partial charge in [-0.05, 0) is 30.7 Å². The number of aryl methyl sites for hydroxylation is 1. The van der Waals surface area contributed by atoms with E-state index in [1.807, 2.05) is 0 Å². The molecule has 0 bridgehead atoms. The van der Waals surface area contributed by atoms with Gasteiger partial charge in [0.1, 0.15) is 0 Å². The highest BCUT2D eigenvalue weighted by Gasteiger charge is 2.20. The Kier molecular flexibility index (Phi) is 5.19. The molecule has 0 aliphatic heterocycles. The fourth-order valence-electron chi connectivity index (χ4n) is 2.12. The third kappa shape index (κ3) is 4.01. The zero-order valence-electron chi connectivity index (χ0n) is 13.9. The topological polar surface area (TPSA) is 110 Å². The van der Waals surface area contributed by atoms with Gasteiger partial charge < -0.3 is 5.32 Å². The lowest BCUT2D eigenvalue weighted by Gasteiger charge is -2.15. The van der Waals surface area contributed by atoms with Gasteiger partial charge in [0.05, 0.1) is 9.82 Å². The van der Waals surface area contributed by atoms with Crippen LogP contribution in [0.3, 0.4) is 0 Å². The third-order valence-corrected chi connectivity index (χ3v) is 5.48. The first kappa shape index (κ1) is 18.6. The average molecular weight is 363 g/mol. The molecule has 0 unspecified atom stereocenters. The Bertz CT molecular complexity index is 939. The Morgan fingerprint density at radius 2 is 1.84 bits per heavy atom. The second-order valence-corrected chi connectivity index (χ2v) is 7.65. The van der Waals surface area contributed by atoms with Gasteiger partial charge in [0.2, 0.25) is 10.0 Å². The quantitative estimate of drug-likeness (QED) is 0.648. The summed E-state index contributed by atoms with van der Waals surface area (Å²) >= 11 is 0. The Hall–Kier alpha value is -2.78. The van der Waals surface area contributed by atoms with Crippen LogP contribution in [0.15, 0.2) is 47.4 Å². The molecule has 0 atom stereocenters.